The number of amides is 2. The number of benzene rings is 2. The van der Waals surface area contributed by atoms with E-state index in [0.717, 1.165) is 5.56 Å². The van der Waals surface area contributed by atoms with Gasteiger partial charge in [0.2, 0.25) is 10.0 Å². The maximum absolute atomic E-state index is 12.8. The highest BCUT2D eigenvalue weighted by atomic mass is 32.2. The van der Waals surface area contributed by atoms with Crippen LogP contribution in [0.2, 0.25) is 0 Å². The van der Waals surface area contributed by atoms with Gasteiger partial charge in [0.1, 0.15) is 0 Å². The summed E-state index contributed by atoms with van der Waals surface area (Å²) in [6.07, 6.45) is 0. The van der Waals surface area contributed by atoms with E-state index in [9.17, 15) is 18.0 Å². The molecule has 0 aromatic heterocycles. The summed E-state index contributed by atoms with van der Waals surface area (Å²) in [5.41, 5.74) is 2.43. The molecule has 1 aliphatic heterocycles. The number of carbonyl (C=O) groups excluding carboxylic acids is 2. The summed E-state index contributed by atoms with van der Waals surface area (Å²) in [6.45, 7) is 8.48. The highest BCUT2D eigenvalue weighted by molar-refractivity contribution is 7.89. The molecule has 1 aliphatic rings. The number of sulfonamides is 1. The van der Waals surface area contributed by atoms with Gasteiger partial charge in [-0.3, -0.25) is 14.5 Å². The lowest BCUT2D eigenvalue weighted by atomic mass is 10.1. The van der Waals surface area contributed by atoms with Gasteiger partial charge < -0.3 is 10.6 Å². The minimum atomic E-state index is -3.14. The number of para-hydroxylation sites is 1. The molecule has 2 aromatic rings. The Kier molecular flexibility index (Phi) is 8.23. The maximum atomic E-state index is 12.8. The molecule has 0 unspecified atom stereocenters. The van der Waals surface area contributed by atoms with E-state index in [1.165, 1.54) is 0 Å². The first-order valence-corrected chi connectivity index (χ1v) is 12.8. The zero-order valence-electron chi connectivity index (χ0n) is 19.4. The fourth-order valence-electron chi connectivity index (χ4n) is 3.69. The molecule has 0 aliphatic carbocycles. The second kappa shape index (κ2) is 10.9. The lowest BCUT2D eigenvalue weighted by Gasteiger charge is -2.33. The number of carbonyl (C=O) groups is 2. The molecule has 1 saturated heterocycles. The number of anilines is 1. The molecule has 3 rings (SSSR count). The summed E-state index contributed by atoms with van der Waals surface area (Å²) in [6, 6.07) is 14.3. The van der Waals surface area contributed by atoms with Crippen LogP contribution in [-0.4, -0.2) is 67.4 Å². The Morgan fingerprint density at radius 1 is 0.939 bits per heavy atom. The molecule has 8 nitrogen and oxygen atoms in total. The number of piperazine rings is 1. The molecule has 178 valence electrons. The van der Waals surface area contributed by atoms with Gasteiger partial charge in [-0.25, -0.2) is 8.42 Å². The number of hydrogen-bond donors (Lipinski definition) is 2. The number of nitrogens with one attached hydrogen (secondary N) is 2. The molecule has 2 aromatic carbocycles. The number of rotatable bonds is 8. The van der Waals surface area contributed by atoms with E-state index in [2.05, 4.69) is 15.5 Å². The topological polar surface area (TPSA) is 98.8 Å². The van der Waals surface area contributed by atoms with Crippen molar-refractivity contribution < 1.29 is 18.0 Å². The predicted molar refractivity (Wildman–Crippen MR) is 130 cm³/mol. The van der Waals surface area contributed by atoms with Crippen LogP contribution in [0.4, 0.5) is 5.69 Å². The van der Waals surface area contributed by atoms with E-state index in [-0.39, 0.29) is 23.6 Å². The van der Waals surface area contributed by atoms with E-state index in [1.807, 2.05) is 26.0 Å². The van der Waals surface area contributed by atoms with Crippen LogP contribution in [0.3, 0.4) is 0 Å². The first-order valence-electron chi connectivity index (χ1n) is 11.2. The molecule has 2 N–H and O–H groups in total. The summed E-state index contributed by atoms with van der Waals surface area (Å²) in [7, 11) is -3.14. The van der Waals surface area contributed by atoms with Gasteiger partial charge in [0.25, 0.3) is 11.8 Å². The highest BCUT2D eigenvalue weighted by Crippen LogP contribution is 2.18. The van der Waals surface area contributed by atoms with Crippen molar-refractivity contribution in [2.45, 2.75) is 33.4 Å². The van der Waals surface area contributed by atoms with Crippen molar-refractivity contribution in [3.05, 3.63) is 65.2 Å². The largest absolute Gasteiger partial charge is 0.350 e. The summed E-state index contributed by atoms with van der Waals surface area (Å²) >= 11 is 0. The molecule has 1 heterocycles. The summed E-state index contributed by atoms with van der Waals surface area (Å²) in [5.74, 6) is -0.392. The second-order valence-electron chi connectivity index (χ2n) is 8.40. The Labute approximate surface area is 196 Å². The Morgan fingerprint density at radius 3 is 2.18 bits per heavy atom. The fourth-order valence-corrected chi connectivity index (χ4v) is 4.78. The molecular weight excluding hydrogens is 440 g/mol. The molecule has 0 saturated carbocycles. The van der Waals surface area contributed by atoms with Crippen LogP contribution in [0.25, 0.3) is 0 Å². The Bertz CT molecular complexity index is 1080. The minimum absolute atomic E-state index is 0.00664. The minimum Gasteiger partial charge on any atom is -0.350 e. The lowest BCUT2D eigenvalue weighted by Crippen LogP contribution is -2.48. The zero-order chi connectivity index (χ0) is 24.0. The van der Waals surface area contributed by atoms with Crippen LogP contribution >= 0.6 is 0 Å². The van der Waals surface area contributed by atoms with Gasteiger partial charge >= 0.3 is 0 Å². The average molecular weight is 473 g/mol. The summed E-state index contributed by atoms with van der Waals surface area (Å²) in [4.78, 5) is 27.4. The first kappa shape index (κ1) is 24.9. The maximum Gasteiger partial charge on any atom is 0.255 e. The molecule has 0 spiro atoms. The van der Waals surface area contributed by atoms with Crippen molar-refractivity contribution in [1.82, 2.24) is 14.5 Å². The smallest absolute Gasteiger partial charge is 0.255 e. The van der Waals surface area contributed by atoms with Gasteiger partial charge in [0, 0.05) is 44.3 Å². The normalized spacial score (nSPS) is 15.4. The van der Waals surface area contributed by atoms with Gasteiger partial charge in [0.15, 0.2) is 0 Å². The Balaban J connectivity index is 1.59. The van der Waals surface area contributed by atoms with Gasteiger partial charge in [0.05, 0.1) is 17.0 Å². The van der Waals surface area contributed by atoms with Crippen LogP contribution < -0.4 is 10.6 Å². The van der Waals surface area contributed by atoms with Crippen molar-refractivity contribution in [2.24, 2.45) is 0 Å². The summed E-state index contributed by atoms with van der Waals surface area (Å²) in [5, 5.41) is 5.68. The molecule has 0 bridgehead atoms. The van der Waals surface area contributed by atoms with E-state index in [0.29, 0.717) is 49.5 Å². The third kappa shape index (κ3) is 6.63. The predicted octanol–water partition coefficient (Wildman–Crippen LogP) is 2.54. The lowest BCUT2D eigenvalue weighted by molar-refractivity contribution is 0.0944. The van der Waals surface area contributed by atoms with E-state index in [4.69, 9.17) is 0 Å². The second-order valence-corrected chi connectivity index (χ2v) is 10.7. The zero-order valence-corrected chi connectivity index (χ0v) is 20.2. The van der Waals surface area contributed by atoms with Crippen LogP contribution in [0.5, 0.6) is 0 Å². The highest BCUT2D eigenvalue weighted by Gasteiger charge is 2.25. The molecular formula is C24H32N4O4S. The SMILES string of the molecule is CCS(=O)(=O)N1CCN(Cc2ccc(C(=O)Nc3ccccc3C(=O)NC(C)C)cc2)CC1. The van der Waals surface area contributed by atoms with E-state index in [1.54, 1.807) is 47.6 Å². The van der Waals surface area contributed by atoms with Crippen LogP contribution in [-0.2, 0) is 16.6 Å². The molecule has 0 atom stereocenters. The van der Waals surface area contributed by atoms with Crippen molar-refractivity contribution >= 4 is 27.5 Å². The number of nitrogens with zero attached hydrogens (tertiary/aromatic N) is 2. The van der Waals surface area contributed by atoms with Crippen molar-refractivity contribution in [1.29, 1.82) is 0 Å². The molecule has 2 amide bonds. The van der Waals surface area contributed by atoms with Crippen molar-refractivity contribution in [3.8, 4) is 0 Å². The fraction of sp³-hybridized carbons (Fsp3) is 0.417. The van der Waals surface area contributed by atoms with Crippen molar-refractivity contribution in [2.75, 3.05) is 37.2 Å². The van der Waals surface area contributed by atoms with E-state index < -0.39 is 10.0 Å². The third-order valence-corrected chi connectivity index (χ3v) is 7.43. The van der Waals surface area contributed by atoms with Gasteiger partial charge in [-0.2, -0.15) is 4.31 Å². The van der Waals surface area contributed by atoms with Gasteiger partial charge in [-0.15, -0.1) is 0 Å². The standard InChI is InChI=1S/C24H32N4O4S/c1-4-33(31,32)28-15-13-27(14-16-28)17-19-9-11-20(12-10-19)23(29)26-22-8-6-5-7-21(22)24(30)25-18(2)3/h5-12,18H,4,13-17H2,1-3H3,(H,25,30)(H,26,29). The van der Waals surface area contributed by atoms with Crippen molar-refractivity contribution in [3.63, 3.8) is 0 Å². The third-order valence-electron chi connectivity index (χ3n) is 5.55. The molecule has 0 radical (unpaired) electrons. The monoisotopic (exact) mass is 472 g/mol. The van der Waals surface area contributed by atoms with E-state index >= 15 is 0 Å². The molecule has 9 heteroatoms. The van der Waals surface area contributed by atoms with Crippen LogP contribution in [0, 0.1) is 0 Å². The molecule has 33 heavy (non-hydrogen) atoms. The Morgan fingerprint density at radius 2 is 1.58 bits per heavy atom. The van der Waals surface area contributed by atoms with Gasteiger partial charge in [-0.05, 0) is 50.6 Å². The average Bonchev–Trinajstić information content (AvgIpc) is 2.80. The van der Waals surface area contributed by atoms with Gasteiger partial charge in [-0.1, -0.05) is 24.3 Å². The number of hydrogen-bond acceptors (Lipinski definition) is 5. The van der Waals surface area contributed by atoms with Crippen LogP contribution in [0.1, 0.15) is 47.1 Å². The quantitative estimate of drug-likeness (QED) is 0.615. The van der Waals surface area contributed by atoms with Crippen LogP contribution in [0.15, 0.2) is 48.5 Å². The first-order chi connectivity index (χ1) is 15.7. The summed E-state index contributed by atoms with van der Waals surface area (Å²) < 4.78 is 25.6. The Hall–Kier alpha value is -2.75. The molecule has 1 fully saturated rings.